The van der Waals surface area contributed by atoms with Crippen molar-refractivity contribution in [2.45, 2.75) is 40.7 Å². The van der Waals surface area contributed by atoms with E-state index in [2.05, 4.69) is 5.32 Å². The van der Waals surface area contributed by atoms with Crippen molar-refractivity contribution in [1.82, 2.24) is 5.32 Å². The van der Waals surface area contributed by atoms with Crippen LogP contribution in [0, 0.1) is 5.41 Å². The van der Waals surface area contributed by atoms with Crippen LogP contribution in [0.5, 0.6) is 0 Å². The van der Waals surface area contributed by atoms with Crippen molar-refractivity contribution in [3.05, 3.63) is 12.2 Å². The normalized spacial score (nSPS) is 14.1. The molecule has 1 amide bonds. The molecule has 0 heterocycles. The topological polar surface area (TPSA) is 46.2 Å². The molecule has 0 spiro atoms. The first kappa shape index (κ1) is 12.9. The van der Waals surface area contributed by atoms with Crippen LogP contribution >= 0.6 is 0 Å². The van der Waals surface area contributed by atoms with Gasteiger partial charge in [0.15, 0.2) is 5.78 Å². The Kier molecular flexibility index (Phi) is 4.54. The first-order valence-corrected chi connectivity index (χ1v) is 4.76. The van der Waals surface area contributed by atoms with Crippen molar-refractivity contribution in [1.29, 1.82) is 0 Å². The molecule has 0 unspecified atom stereocenters. The zero-order chi connectivity index (χ0) is 11.4. The summed E-state index contributed by atoms with van der Waals surface area (Å²) in [5, 5.41) is 2.66. The molecular formula is C11H19NO2. The van der Waals surface area contributed by atoms with Gasteiger partial charge in [-0.3, -0.25) is 9.59 Å². The number of hydrogen-bond acceptors (Lipinski definition) is 2. The van der Waals surface area contributed by atoms with E-state index >= 15 is 0 Å². The number of amides is 1. The van der Waals surface area contributed by atoms with Gasteiger partial charge in [0.05, 0.1) is 6.04 Å². The minimum absolute atomic E-state index is 0.0786. The molecule has 0 aliphatic rings. The number of carbonyl (C=O) groups is 2. The van der Waals surface area contributed by atoms with E-state index < -0.39 is 11.5 Å². The third kappa shape index (κ3) is 4.21. The molecule has 14 heavy (non-hydrogen) atoms. The van der Waals surface area contributed by atoms with Gasteiger partial charge in [0.2, 0.25) is 5.91 Å². The molecule has 3 nitrogen and oxygen atoms in total. The van der Waals surface area contributed by atoms with Crippen LogP contribution in [0.15, 0.2) is 12.2 Å². The number of rotatable bonds is 3. The fourth-order valence-electron chi connectivity index (χ4n) is 0.793. The van der Waals surface area contributed by atoms with E-state index in [0.29, 0.717) is 0 Å². The number of carbonyl (C=O) groups excluding carboxylic acids is 2. The molecule has 0 aliphatic heterocycles. The molecule has 0 aromatic carbocycles. The average molecular weight is 197 g/mol. The summed E-state index contributed by atoms with van der Waals surface area (Å²) < 4.78 is 0. The highest BCUT2D eigenvalue weighted by Gasteiger charge is 2.23. The molecular weight excluding hydrogens is 178 g/mol. The number of allylic oxidation sites excluding steroid dienone is 1. The van der Waals surface area contributed by atoms with E-state index in [9.17, 15) is 9.59 Å². The Hall–Kier alpha value is -1.12. The highest BCUT2D eigenvalue weighted by atomic mass is 16.2. The van der Waals surface area contributed by atoms with E-state index in [1.165, 1.54) is 6.08 Å². The van der Waals surface area contributed by atoms with Gasteiger partial charge in [-0.05, 0) is 19.9 Å². The average Bonchev–Trinajstić information content (AvgIpc) is 2.02. The van der Waals surface area contributed by atoms with Gasteiger partial charge in [0.1, 0.15) is 0 Å². The van der Waals surface area contributed by atoms with E-state index in [4.69, 9.17) is 0 Å². The molecule has 0 fully saturated rings. The lowest BCUT2D eigenvalue weighted by atomic mass is 9.95. The van der Waals surface area contributed by atoms with Crippen LogP contribution in [0.25, 0.3) is 0 Å². The second-order valence-electron chi connectivity index (χ2n) is 4.35. The van der Waals surface area contributed by atoms with Gasteiger partial charge >= 0.3 is 0 Å². The van der Waals surface area contributed by atoms with Crippen molar-refractivity contribution >= 4 is 11.7 Å². The lowest BCUT2D eigenvalue weighted by Gasteiger charge is -2.20. The smallest absolute Gasteiger partial charge is 0.225 e. The monoisotopic (exact) mass is 197 g/mol. The van der Waals surface area contributed by atoms with Crippen molar-refractivity contribution in [2.24, 2.45) is 5.41 Å². The number of ketones is 1. The molecule has 0 saturated heterocycles. The molecule has 0 aliphatic carbocycles. The summed E-state index contributed by atoms with van der Waals surface area (Å²) in [6, 6.07) is -0.446. The molecule has 0 aromatic heterocycles. The standard InChI is InChI=1S/C11H19NO2/c1-6-7-9(13)8(2)12-10(14)11(3,4)5/h6-8H,1-5H3,(H,12,14)/b7-6+/t8-/m0/s1. The summed E-state index contributed by atoms with van der Waals surface area (Å²) >= 11 is 0. The van der Waals surface area contributed by atoms with Crippen LogP contribution in [0.3, 0.4) is 0 Å². The maximum atomic E-state index is 11.5. The Morgan fingerprint density at radius 1 is 1.29 bits per heavy atom. The van der Waals surface area contributed by atoms with Crippen molar-refractivity contribution in [3.63, 3.8) is 0 Å². The molecule has 1 N–H and O–H groups in total. The fraction of sp³-hybridized carbons (Fsp3) is 0.636. The molecule has 80 valence electrons. The van der Waals surface area contributed by atoms with Gasteiger partial charge in [0, 0.05) is 5.41 Å². The van der Waals surface area contributed by atoms with E-state index in [-0.39, 0.29) is 11.7 Å². The summed E-state index contributed by atoms with van der Waals surface area (Å²) in [5.74, 6) is -0.187. The SMILES string of the molecule is C/C=C/C(=O)[C@H](C)NC(=O)C(C)(C)C. The second kappa shape index (κ2) is 4.94. The fourth-order valence-corrected chi connectivity index (χ4v) is 0.793. The Labute approximate surface area is 85.6 Å². The van der Waals surface area contributed by atoms with Crippen molar-refractivity contribution in [2.75, 3.05) is 0 Å². The molecule has 0 aromatic rings. The second-order valence-corrected chi connectivity index (χ2v) is 4.35. The molecule has 0 rings (SSSR count). The summed E-state index contributed by atoms with van der Waals surface area (Å²) in [6.45, 7) is 8.90. The van der Waals surface area contributed by atoms with Gasteiger partial charge in [-0.25, -0.2) is 0 Å². The quantitative estimate of drug-likeness (QED) is 0.700. The van der Waals surface area contributed by atoms with Crippen molar-refractivity contribution < 1.29 is 9.59 Å². The zero-order valence-corrected chi connectivity index (χ0v) is 9.55. The molecule has 0 bridgehead atoms. The Morgan fingerprint density at radius 3 is 2.14 bits per heavy atom. The highest BCUT2D eigenvalue weighted by molar-refractivity contribution is 5.97. The van der Waals surface area contributed by atoms with Crippen LogP contribution in [0.1, 0.15) is 34.6 Å². The Morgan fingerprint density at radius 2 is 1.79 bits per heavy atom. The summed E-state index contributed by atoms with van der Waals surface area (Å²) in [7, 11) is 0. The molecule has 0 radical (unpaired) electrons. The van der Waals surface area contributed by atoms with Crippen LogP contribution < -0.4 is 5.32 Å². The minimum Gasteiger partial charge on any atom is -0.346 e. The van der Waals surface area contributed by atoms with E-state index in [1.807, 2.05) is 20.8 Å². The van der Waals surface area contributed by atoms with Gasteiger partial charge in [-0.15, -0.1) is 0 Å². The third-order valence-electron chi connectivity index (χ3n) is 1.79. The van der Waals surface area contributed by atoms with Crippen molar-refractivity contribution in [3.8, 4) is 0 Å². The maximum absolute atomic E-state index is 11.5. The Balaban J connectivity index is 4.27. The predicted molar refractivity (Wildman–Crippen MR) is 56.9 cm³/mol. The van der Waals surface area contributed by atoms with Crippen LogP contribution in [-0.4, -0.2) is 17.7 Å². The summed E-state index contributed by atoms with van der Waals surface area (Å²) in [4.78, 5) is 22.8. The first-order chi connectivity index (χ1) is 6.29. The third-order valence-corrected chi connectivity index (χ3v) is 1.79. The predicted octanol–water partition coefficient (Wildman–Crippen LogP) is 1.68. The largest absolute Gasteiger partial charge is 0.346 e. The van der Waals surface area contributed by atoms with Crippen LogP contribution in [-0.2, 0) is 9.59 Å². The van der Waals surface area contributed by atoms with Gasteiger partial charge < -0.3 is 5.32 Å². The van der Waals surface area contributed by atoms with E-state index in [0.717, 1.165) is 0 Å². The van der Waals surface area contributed by atoms with Crippen LogP contribution in [0.4, 0.5) is 0 Å². The number of hydrogen-bond donors (Lipinski definition) is 1. The lowest BCUT2D eigenvalue weighted by Crippen LogP contribution is -2.43. The Bertz CT molecular complexity index is 249. The molecule has 0 saturated carbocycles. The summed E-state index contributed by atoms with van der Waals surface area (Å²) in [5.41, 5.74) is -0.454. The molecule has 3 heteroatoms. The zero-order valence-electron chi connectivity index (χ0n) is 9.55. The first-order valence-electron chi connectivity index (χ1n) is 4.76. The van der Waals surface area contributed by atoms with Crippen LogP contribution in [0.2, 0.25) is 0 Å². The maximum Gasteiger partial charge on any atom is 0.225 e. The number of nitrogens with one attached hydrogen (secondary N) is 1. The van der Waals surface area contributed by atoms with Gasteiger partial charge in [-0.1, -0.05) is 26.8 Å². The summed E-state index contributed by atoms with van der Waals surface area (Å²) in [6.07, 6.45) is 3.13. The highest BCUT2D eigenvalue weighted by Crippen LogP contribution is 2.12. The minimum atomic E-state index is -0.454. The van der Waals surface area contributed by atoms with Gasteiger partial charge in [0.25, 0.3) is 0 Å². The lowest BCUT2D eigenvalue weighted by molar-refractivity contribution is -0.131. The van der Waals surface area contributed by atoms with Gasteiger partial charge in [-0.2, -0.15) is 0 Å². The van der Waals surface area contributed by atoms with E-state index in [1.54, 1.807) is 19.9 Å². The molecule has 1 atom stereocenters.